The monoisotopic (exact) mass is 392 g/mol. The fourth-order valence-corrected chi connectivity index (χ4v) is 5.25. The number of carbonyl (C=O) groups is 2. The lowest BCUT2D eigenvalue weighted by atomic mass is 9.95. The Hall–Kier alpha value is -2.13. The van der Waals surface area contributed by atoms with Gasteiger partial charge in [0.25, 0.3) is 0 Å². The van der Waals surface area contributed by atoms with Gasteiger partial charge in [0.2, 0.25) is 11.8 Å². The molecule has 8 nitrogen and oxygen atoms in total. The van der Waals surface area contributed by atoms with E-state index in [1.54, 1.807) is 40.9 Å². The van der Waals surface area contributed by atoms with Gasteiger partial charge in [-0.15, -0.1) is 16.9 Å². The molecule has 3 atom stereocenters. The molecule has 3 heterocycles. The minimum atomic E-state index is -0.528. The van der Waals surface area contributed by atoms with Crippen LogP contribution in [0.1, 0.15) is 31.3 Å². The van der Waals surface area contributed by atoms with Crippen molar-refractivity contribution in [2.45, 2.75) is 42.5 Å². The standard InChI is InChI=1S/C16H17ClN6O2S/c1-16(2)12(13-19-21-22-20-13)23-14(25)11(15(23)26-16)18-10(24)7-8-3-5-9(17)6-4-8/h3-6,11-12,15H,7H2,1-2H3,(H,18,24)(H,19,20,21,22)/t11?,12?,15-/m1/s1. The lowest BCUT2D eigenvalue weighted by molar-refractivity contribution is -0.151. The molecule has 0 bridgehead atoms. The van der Waals surface area contributed by atoms with E-state index in [4.69, 9.17) is 11.6 Å². The van der Waals surface area contributed by atoms with E-state index in [0.717, 1.165) is 5.56 Å². The number of carbonyl (C=O) groups excluding carboxylic acids is 2. The van der Waals surface area contributed by atoms with Crippen LogP contribution in [0.4, 0.5) is 0 Å². The maximum atomic E-state index is 12.7. The van der Waals surface area contributed by atoms with Crippen LogP contribution >= 0.6 is 23.4 Å². The van der Waals surface area contributed by atoms with Crippen molar-refractivity contribution < 1.29 is 9.59 Å². The number of nitrogens with zero attached hydrogens (tertiary/aromatic N) is 4. The number of halogens is 1. The summed E-state index contributed by atoms with van der Waals surface area (Å²) in [5.41, 5.74) is 0.848. The first-order valence-electron chi connectivity index (χ1n) is 8.14. The van der Waals surface area contributed by atoms with Crippen LogP contribution in [-0.4, -0.2) is 53.5 Å². The summed E-state index contributed by atoms with van der Waals surface area (Å²) < 4.78 is -0.267. The number of H-pyrrole nitrogens is 1. The molecule has 1 aromatic carbocycles. The summed E-state index contributed by atoms with van der Waals surface area (Å²) in [6.45, 7) is 4.09. The molecule has 1 aromatic heterocycles. The zero-order valence-corrected chi connectivity index (χ0v) is 15.7. The van der Waals surface area contributed by atoms with Crippen LogP contribution in [0.25, 0.3) is 0 Å². The summed E-state index contributed by atoms with van der Waals surface area (Å²) in [7, 11) is 0. The van der Waals surface area contributed by atoms with E-state index in [0.29, 0.717) is 10.8 Å². The van der Waals surface area contributed by atoms with Crippen molar-refractivity contribution in [1.29, 1.82) is 0 Å². The lowest BCUT2D eigenvalue weighted by Crippen LogP contribution is -2.68. The highest BCUT2D eigenvalue weighted by Crippen LogP contribution is 2.56. The van der Waals surface area contributed by atoms with Gasteiger partial charge in [0, 0.05) is 9.77 Å². The maximum absolute atomic E-state index is 12.7. The fourth-order valence-electron chi connectivity index (χ4n) is 3.48. The molecule has 2 unspecified atom stereocenters. The van der Waals surface area contributed by atoms with Crippen LogP contribution < -0.4 is 5.32 Å². The number of fused-ring (bicyclic) bond motifs is 1. The second-order valence-electron chi connectivity index (χ2n) is 6.89. The van der Waals surface area contributed by atoms with Gasteiger partial charge in [-0.2, -0.15) is 0 Å². The molecule has 136 valence electrons. The number of aromatic amines is 1. The molecule has 2 saturated heterocycles. The molecule has 10 heteroatoms. The molecule has 2 amide bonds. The van der Waals surface area contributed by atoms with Gasteiger partial charge in [-0.25, -0.2) is 5.10 Å². The van der Waals surface area contributed by atoms with Crippen molar-refractivity contribution in [3.8, 4) is 0 Å². The second kappa shape index (κ2) is 6.24. The van der Waals surface area contributed by atoms with Crippen molar-refractivity contribution in [1.82, 2.24) is 30.8 Å². The molecule has 4 rings (SSSR count). The normalized spacial score (nSPS) is 26.3. The quantitative estimate of drug-likeness (QED) is 0.760. The minimum Gasteiger partial charge on any atom is -0.341 e. The first-order valence-corrected chi connectivity index (χ1v) is 9.40. The molecule has 2 aliphatic heterocycles. The Morgan fingerprint density at radius 3 is 2.77 bits per heavy atom. The molecule has 0 aliphatic carbocycles. The highest BCUT2D eigenvalue weighted by atomic mass is 35.5. The van der Waals surface area contributed by atoms with Crippen LogP contribution in [0.3, 0.4) is 0 Å². The van der Waals surface area contributed by atoms with Crippen LogP contribution in [0.2, 0.25) is 5.02 Å². The number of hydrogen-bond acceptors (Lipinski definition) is 6. The topological polar surface area (TPSA) is 104 Å². The van der Waals surface area contributed by atoms with E-state index in [9.17, 15) is 9.59 Å². The largest absolute Gasteiger partial charge is 0.341 e. The Bertz CT molecular complexity index is 841. The minimum absolute atomic E-state index is 0.112. The van der Waals surface area contributed by atoms with Crippen LogP contribution in [-0.2, 0) is 16.0 Å². The number of tetrazole rings is 1. The van der Waals surface area contributed by atoms with Gasteiger partial charge < -0.3 is 10.2 Å². The SMILES string of the molecule is CC1(C)S[C@@H]2C(NC(=O)Cc3ccc(Cl)cc3)C(=O)N2C1c1nnn[nH]1. The van der Waals surface area contributed by atoms with E-state index in [-0.39, 0.29) is 34.4 Å². The van der Waals surface area contributed by atoms with Crippen molar-refractivity contribution in [3.63, 3.8) is 0 Å². The summed E-state index contributed by atoms with van der Waals surface area (Å²) in [6, 6.07) is 6.32. The van der Waals surface area contributed by atoms with Gasteiger partial charge >= 0.3 is 0 Å². The van der Waals surface area contributed by atoms with Crippen molar-refractivity contribution in [3.05, 3.63) is 40.7 Å². The predicted octanol–water partition coefficient (Wildman–Crippen LogP) is 1.32. The lowest BCUT2D eigenvalue weighted by Gasteiger charge is -2.44. The first kappa shape index (κ1) is 17.3. The van der Waals surface area contributed by atoms with Gasteiger partial charge in [-0.05, 0) is 42.0 Å². The number of hydrogen-bond donors (Lipinski definition) is 2. The van der Waals surface area contributed by atoms with E-state index in [1.165, 1.54) is 0 Å². The molecule has 2 aliphatic rings. The van der Waals surface area contributed by atoms with Gasteiger partial charge in [-0.3, -0.25) is 9.59 Å². The summed E-state index contributed by atoms with van der Waals surface area (Å²) in [6.07, 6.45) is 0.206. The fraction of sp³-hybridized carbons (Fsp3) is 0.438. The number of amides is 2. The smallest absolute Gasteiger partial charge is 0.249 e. The average Bonchev–Trinajstić information content (AvgIpc) is 3.19. The summed E-state index contributed by atoms with van der Waals surface area (Å²) in [5, 5.41) is 17.3. The van der Waals surface area contributed by atoms with Gasteiger partial charge in [0.1, 0.15) is 17.5 Å². The molecule has 2 aromatic rings. The number of thioether (sulfide) groups is 1. The molecule has 2 fully saturated rings. The van der Waals surface area contributed by atoms with Crippen molar-refractivity contribution in [2.24, 2.45) is 0 Å². The number of rotatable bonds is 4. The highest BCUT2D eigenvalue weighted by Gasteiger charge is 2.63. The first-order chi connectivity index (χ1) is 12.4. The molecule has 26 heavy (non-hydrogen) atoms. The molecular weight excluding hydrogens is 376 g/mol. The van der Waals surface area contributed by atoms with Crippen LogP contribution in [0, 0.1) is 0 Å². The van der Waals surface area contributed by atoms with Crippen molar-refractivity contribution >= 4 is 35.2 Å². The molecular formula is C16H17ClN6O2S. The summed E-state index contributed by atoms with van der Waals surface area (Å²) in [4.78, 5) is 26.8. The Balaban J connectivity index is 1.45. The van der Waals surface area contributed by atoms with Crippen LogP contribution in [0.15, 0.2) is 24.3 Å². The highest BCUT2D eigenvalue weighted by molar-refractivity contribution is 8.01. The Morgan fingerprint density at radius 1 is 1.38 bits per heavy atom. The van der Waals surface area contributed by atoms with E-state index in [1.807, 2.05) is 13.8 Å². The van der Waals surface area contributed by atoms with Crippen LogP contribution in [0.5, 0.6) is 0 Å². The van der Waals surface area contributed by atoms with Gasteiger partial charge in [-0.1, -0.05) is 23.7 Å². The predicted molar refractivity (Wildman–Crippen MR) is 96.3 cm³/mol. The van der Waals surface area contributed by atoms with Crippen molar-refractivity contribution in [2.75, 3.05) is 0 Å². The number of aromatic nitrogens is 4. The van der Waals surface area contributed by atoms with E-state index >= 15 is 0 Å². The van der Waals surface area contributed by atoms with Gasteiger partial charge in [0.15, 0.2) is 5.82 Å². The maximum Gasteiger partial charge on any atom is 0.249 e. The number of nitrogens with one attached hydrogen (secondary N) is 2. The summed E-state index contributed by atoms with van der Waals surface area (Å²) >= 11 is 7.50. The Kier molecular flexibility index (Phi) is 4.15. The average molecular weight is 393 g/mol. The Morgan fingerprint density at radius 2 is 2.12 bits per heavy atom. The zero-order chi connectivity index (χ0) is 18.5. The Labute approximate surface area is 159 Å². The third kappa shape index (κ3) is 2.84. The van der Waals surface area contributed by atoms with Gasteiger partial charge in [0.05, 0.1) is 6.42 Å². The molecule has 0 spiro atoms. The second-order valence-corrected chi connectivity index (χ2v) is 9.10. The summed E-state index contributed by atoms with van der Waals surface area (Å²) in [5.74, 6) is 0.261. The van der Waals surface area contributed by atoms with E-state index in [2.05, 4.69) is 25.9 Å². The third-order valence-corrected chi connectivity index (χ3v) is 6.48. The van der Waals surface area contributed by atoms with E-state index < -0.39 is 6.04 Å². The molecule has 0 saturated carbocycles. The number of β-lactam (4-membered cyclic amide) rings is 1. The molecule has 2 N–H and O–H groups in total. The number of benzene rings is 1. The third-order valence-electron chi connectivity index (χ3n) is 4.66. The zero-order valence-electron chi connectivity index (χ0n) is 14.1. The molecule has 0 radical (unpaired) electrons.